The number of nitrogen functional groups attached to an aromatic ring is 1. The molecule has 2 rings (SSSR count). The van der Waals surface area contributed by atoms with Crippen molar-refractivity contribution in [2.45, 2.75) is 97.1 Å². The van der Waals surface area contributed by atoms with Crippen molar-refractivity contribution >= 4 is 17.1 Å². The van der Waals surface area contributed by atoms with E-state index in [1.165, 1.54) is 94.4 Å². The first-order valence-corrected chi connectivity index (χ1v) is 12.2. The van der Waals surface area contributed by atoms with E-state index in [1.54, 1.807) is 0 Å². The Labute approximate surface area is 192 Å². The number of aromatic nitrogens is 4. The molecule has 9 heteroatoms. The summed E-state index contributed by atoms with van der Waals surface area (Å²) < 4.78 is 6.63. The number of ether oxygens (including phenoxy) is 1. The van der Waals surface area contributed by atoms with Gasteiger partial charge in [0.15, 0.2) is 11.2 Å². The van der Waals surface area contributed by atoms with Crippen LogP contribution in [0.3, 0.4) is 0 Å². The largest absolute Gasteiger partial charge is 0.394 e. The number of aliphatic hydroxyl groups excluding tert-OH is 1. The van der Waals surface area contributed by atoms with E-state index in [4.69, 9.17) is 21.3 Å². The molecule has 0 aliphatic carbocycles. The SMILES string of the molecule is CCCCCCCCCCCCCCCN.Nc1nc2c(ncn2COCCO)c(=O)[nH]1. The number of hydrogen-bond acceptors (Lipinski definition) is 7. The second kappa shape index (κ2) is 18.6. The third-order valence-electron chi connectivity index (χ3n) is 5.27. The zero-order valence-corrected chi connectivity index (χ0v) is 19.9. The molecule has 2 aromatic rings. The minimum absolute atomic E-state index is 0.0291. The quantitative estimate of drug-likeness (QED) is 0.268. The van der Waals surface area contributed by atoms with Crippen LogP contribution in [-0.2, 0) is 11.5 Å². The number of H-pyrrole nitrogens is 1. The highest BCUT2D eigenvalue weighted by molar-refractivity contribution is 5.70. The minimum Gasteiger partial charge on any atom is -0.394 e. The number of unbranched alkanes of at least 4 members (excludes halogenated alkanes) is 12. The van der Waals surface area contributed by atoms with Gasteiger partial charge in [0.05, 0.1) is 19.5 Å². The molecule has 9 nitrogen and oxygen atoms in total. The average molecular weight is 453 g/mol. The molecule has 0 aliphatic rings. The third-order valence-corrected chi connectivity index (χ3v) is 5.27. The van der Waals surface area contributed by atoms with Crippen molar-refractivity contribution in [3.8, 4) is 0 Å². The Morgan fingerprint density at radius 3 is 2.09 bits per heavy atom. The molecule has 0 fully saturated rings. The highest BCUT2D eigenvalue weighted by Gasteiger charge is 2.08. The van der Waals surface area contributed by atoms with Crippen molar-refractivity contribution in [2.24, 2.45) is 5.73 Å². The van der Waals surface area contributed by atoms with Crippen LogP contribution in [-0.4, -0.2) is 44.4 Å². The fourth-order valence-corrected chi connectivity index (χ4v) is 3.45. The summed E-state index contributed by atoms with van der Waals surface area (Å²) in [5, 5.41) is 8.56. The van der Waals surface area contributed by atoms with Crippen LogP contribution in [0.25, 0.3) is 11.2 Å². The van der Waals surface area contributed by atoms with E-state index in [9.17, 15) is 4.79 Å². The summed E-state index contributed by atoms with van der Waals surface area (Å²) in [5.41, 5.74) is 11.1. The Kier molecular flexibility index (Phi) is 16.3. The van der Waals surface area contributed by atoms with Crippen LogP contribution in [0.2, 0.25) is 0 Å². The summed E-state index contributed by atoms with van der Waals surface area (Å²) in [6.07, 6.45) is 19.8. The monoisotopic (exact) mass is 452 g/mol. The van der Waals surface area contributed by atoms with Crippen molar-refractivity contribution < 1.29 is 9.84 Å². The van der Waals surface area contributed by atoms with E-state index < -0.39 is 0 Å². The second-order valence-electron chi connectivity index (χ2n) is 8.13. The van der Waals surface area contributed by atoms with E-state index in [1.807, 2.05) is 0 Å². The van der Waals surface area contributed by atoms with Crippen LogP contribution in [0.4, 0.5) is 5.95 Å². The zero-order chi connectivity index (χ0) is 23.4. The number of hydrogen-bond donors (Lipinski definition) is 4. The predicted molar refractivity (Wildman–Crippen MR) is 130 cm³/mol. The number of fused-ring (bicyclic) bond motifs is 1. The topological polar surface area (TPSA) is 145 Å². The first-order valence-electron chi connectivity index (χ1n) is 12.2. The maximum absolute atomic E-state index is 11.4. The normalized spacial score (nSPS) is 11.0. The van der Waals surface area contributed by atoms with E-state index in [0.717, 1.165) is 6.54 Å². The number of nitrogens with two attached hydrogens (primary N) is 2. The van der Waals surface area contributed by atoms with Crippen molar-refractivity contribution in [3.05, 3.63) is 16.7 Å². The Balaban J connectivity index is 0.000000320. The van der Waals surface area contributed by atoms with Crippen LogP contribution < -0.4 is 17.0 Å². The van der Waals surface area contributed by atoms with Crippen LogP contribution in [0.1, 0.15) is 90.4 Å². The van der Waals surface area contributed by atoms with Crippen molar-refractivity contribution in [1.29, 1.82) is 0 Å². The molecule has 6 N–H and O–H groups in total. The number of aromatic amines is 1. The molecule has 0 aromatic carbocycles. The average Bonchev–Trinajstić information content (AvgIpc) is 3.18. The highest BCUT2D eigenvalue weighted by atomic mass is 16.5. The first-order chi connectivity index (χ1) is 15.6. The van der Waals surface area contributed by atoms with Crippen LogP contribution in [0, 0.1) is 0 Å². The van der Waals surface area contributed by atoms with Crippen molar-refractivity contribution in [2.75, 3.05) is 25.5 Å². The van der Waals surface area contributed by atoms with Gasteiger partial charge in [-0.15, -0.1) is 0 Å². The summed E-state index contributed by atoms with van der Waals surface area (Å²) in [6.45, 7) is 3.45. The van der Waals surface area contributed by atoms with Crippen molar-refractivity contribution in [1.82, 2.24) is 19.5 Å². The molecule has 32 heavy (non-hydrogen) atoms. The fourth-order valence-electron chi connectivity index (χ4n) is 3.45. The molecule has 0 aliphatic heterocycles. The van der Waals surface area contributed by atoms with Gasteiger partial charge >= 0.3 is 0 Å². The minimum atomic E-state index is -0.386. The fraction of sp³-hybridized carbons (Fsp3) is 0.783. The van der Waals surface area contributed by atoms with Gasteiger partial charge in [0.2, 0.25) is 5.95 Å². The molecular formula is C23H44N6O3. The third kappa shape index (κ3) is 12.2. The molecule has 0 saturated carbocycles. The van der Waals surface area contributed by atoms with E-state index >= 15 is 0 Å². The molecular weight excluding hydrogens is 408 g/mol. The summed E-state index contributed by atoms with van der Waals surface area (Å²) in [4.78, 5) is 21.6. The van der Waals surface area contributed by atoms with Gasteiger partial charge in [0.25, 0.3) is 5.56 Å². The number of aliphatic hydroxyl groups is 1. The molecule has 0 spiro atoms. The molecule has 0 radical (unpaired) electrons. The van der Waals surface area contributed by atoms with Gasteiger partial charge in [0.1, 0.15) is 6.73 Å². The highest BCUT2D eigenvalue weighted by Crippen LogP contribution is 2.12. The molecule has 2 heterocycles. The summed E-state index contributed by atoms with van der Waals surface area (Å²) in [7, 11) is 0. The Bertz CT molecular complexity index is 748. The van der Waals surface area contributed by atoms with E-state index in [-0.39, 0.29) is 37.0 Å². The lowest BCUT2D eigenvalue weighted by atomic mass is 10.0. The number of anilines is 1. The first kappa shape index (κ1) is 28.1. The van der Waals surface area contributed by atoms with E-state index in [0.29, 0.717) is 5.65 Å². The van der Waals surface area contributed by atoms with Gasteiger partial charge in [-0.25, -0.2) is 4.98 Å². The number of nitrogens with zero attached hydrogens (tertiary/aromatic N) is 3. The molecule has 0 unspecified atom stereocenters. The Hall–Kier alpha value is -1.97. The molecule has 0 bridgehead atoms. The van der Waals surface area contributed by atoms with Crippen molar-refractivity contribution in [3.63, 3.8) is 0 Å². The summed E-state index contributed by atoms with van der Waals surface area (Å²) in [6, 6.07) is 0. The van der Waals surface area contributed by atoms with Gasteiger partial charge in [-0.3, -0.25) is 14.3 Å². The lowest BCUT2D eigenvalue weighted by Crippen LogP contribution is -2.13. The smallest absolute Gasteiger partial charge is 0.280 e. The number of nitrogens with one attached hydrogen (secondary N) is 1. The van der Waals surface area contributed by atoms with Crippen LogP contribution in [0.5, 0.6) is 0 Å². The summed E-state index contributed by atoms with van der Waals surface area (Å²) in [5.74, 6) is 0.0291. The standard InChI is InChI=1S/C15H33N.C8H11N5O3/c1-2-3-4-5-6-7-8-9-10-11-12-13-14-15-16;9-8-11-6-5(7(15)12-8)10-3-13(6)4-16-2-1-14/h2-16H2,1H3;3,14H,1-2,4H2,(H3,9,11,12,15). The maximum atomic E-state index is 11.4. The second-order valence-corrected chi connectivity index (χ2v) is 8.13. The van der Waals surface area contributed by atoms with Gasteiger partial charge < -0.3 is 21.3 Å². The van der Waals surface area contributed by atoms with Crippen LogP contribution in [0.15, 0.2) is 11.1 Å². The Morgan fingerprint density at radius 1 is 1.00 bits per heavy atom. The molecule has 0 amide bonds. The number of imidazole rings is 1. The van der Waals surface area contributed by atoms with Gasteiger partial charge in [-0.1, -0.05) is 84.0 Å². The lowest BCUT2D eigenvalue weighted by Gasteiger charge is -2.03. The van der Waals surface area contributed by atoms with Gasteiger partial charge in [-0.05, 0) is 13.0 Å². The molecule has 0 atom stereocenters. The van der Waals surface area contributed by atoms with E-state index in [2.05, 4.69) is 21.9 Å². The molecule has 2 aromatic heterocycles. The van der Waals surface area contributed by atoms with Gasteiger partial charge in [0, 0.05) is 0 Å². The number of rotatable bonds is 17. The maximum Gasteiger partial charge on any atom is 0.280 e. The van der Waals surface area contributed by atoms with Gasteiger partial charge in [-0.2, -0.15) is 4.98 Å². The molecule has 0 saturated heterocycles. The molecule has 184 valence electrons. The Morgan fingerprint density at radius 2 is 1.56 bits per heavy atom. The van der Waals surface area contributed by atoms with Crippen LogP contribution >= 0.6 is 0 Å². The zero-order valence-electron chi connectivity index (χ0n) is 19.9. The predicted octanol–water partition coefficient (Wildman–Crippen LogP) is 3.70. The lowest BCUT2D eigenvalue weighted by molar-refractivity contribution is 0.0499. The summed E-state index contributed by atoms with van der Waals surface area (Å²) >= 11 is 0.